The number of methoxy groups -OCH3 is 8. The maximum absolute atomic E-state index is 13.7. The minimum absolute atomic E-state index is 0.0112. The average Bonchev–Trinajstić information content (AvgIpc) is 1.68. The molecule has 2 saturated heterocycles. The lowest BCUT2D eigenvalue weighted by Crippen LogP contribution is -2.29. The maximum atomic E-state index is 13.7. The topological polar surface area (TPSA) is 343 Å². The van der Waals surface area contributed by atoms with Crippen LogP contribution in [0.15, 0.2) is 220 Å². The van der Waals surface area contributed by atoms with Crippen molar-refractivity contribution in [2.45, 2.75) is 57.2 Å². The van der Waals surface area contributed by atoms with Crippen LogP contribution in [0, 0.1) is 0 Å². The minimum atomic E-state index is -3.07. The summed E-state index contributed by atoms with van der Waals surface area (Å²) in [6, 6.07) is 47.3. The molecule has 18 rings (SSSR count). The van der Waals surface area contributed by atoms with E-state index in [1.165, 1.54) is 6.26 Å². The van der Waals surface area contributed by atoms with E-state index in [1.54, 1.807) is 122 Å². The Labute approximate surface area is 810 Å². The number of ether oxygens (including phenoxy) is 9. The number of aryl methyl sites for hydroxylation is 2. The summed E-state index contributed by atoms with van der Waals surface area (Å²) in [4.78, 5) is 48.3. The molecule has 0 spiro atoms. The summed E-state index contributed by atoms with van der Waals surface area (Å²) in [6.45, 7) is 6.26. The number of hydrogen-bond donors (Lipinski definition) is 3. The third-order valence-corrected chi connectivity index (χ3v) is 24.7. The van der Waals surface area contributed by atoms with E-state index < -0.39 is 15.8 Å². The van der Waals surface area contributed by atoms with Crippen LogP contribution in [0.4, 0.5) is 54.3 Å². The van der Waals surface area contributed by atoms with Gasteiger partial charge in [0, 0.05) is 250 Å². The Kier molecular flexibility index (Phi) is 33.2. The molecule has 0 amide bonds. The number of alkyl halides is 3. The van der Waals surface area contributed by atoms with E-state index in [0.29, 0.717) is 67.2 Å². The van der Waals surface area contributed by atoms with Crippen LogP contribution in [-0.2, 0) is 28.2 Å². The number of rotatable bonds is 37. The second-order valence-corrected chi connectivity index (χ2v) is 35.8. The Morgan fingerprint density at radius 1 is 0.453 bits per heavy atom. The number of nitrogens with zero attached hydrogens (tertiary/aromatic N) is 20. The van der Waals surface area contributed by atoms with E-state index in [2.05, 4.69) is 93.9 Å². The molecule has 0 aliphatic carbocycles. The number of halogens is 3. The van der Waals surface area contributed by atoms with E-state index in [-0.39, 0.29) is 31.5 Å². The van der Waals surface area contributed by atoms with Crippen molar-refractivity contribution in [2.24, 2.45) is 7.05 Å². The molecule has 8 aromatic heterocycles. The molecule has 2 fully saturated rings. The second-order valence-electron chi connectivity index (χ2n) is 33.1. The van der Waals surface area contributed by atoms with Crippen molar-refractivity contribution in [3.05, 3.63) is 220 Å². The van der Waals surface area contributed by atoms with E-state index in [1.807, 2.05) is 177 Å². The van der Waals surface area contributed by atoms with Gasteiger partial charge in [-0.15, -0.1) is 11.6 Å². The first-order valence-corrected chi connectivity index (χ1v) is 48.0. The van der Waals surface area contributed by atoms with Crippen molar-refractivity contribution >= 4 is 111 Å². The number of anilines is 8. The highest BCUT2D eigenvalue weighted by molar-refractivity contribution is 7.90. The lowest BCUT2D eigenvalue weighted by Gasteiger charge is -2.27. The molecule has 16 aromatic rings. The normalized spacial score (nSPS) is 13.5. The van der Waals surface area contributed by atoms with Gasteiger partial charge in [-0.2, -0.15) is 20.4 Å². The third-order valence-electron chi connectivity index (χ3n) is 23.5. The molecular formula is C101H114ClF2N23O11S. The zero-order valence-corrected chi connectivity index (χ0v) is 81.3. The maximum Gasteiger partial charge on any atom is 0.261 e. The van der Waals surface area contributed by atoms with Gasteiger partial charge in [0.05, 0.1) is 192 Å². The van der Waals surface area contributed by atoms with Crippen LogP contribution in [0.1, 0.15) is 44.8 Å². The van der Waals surface area contributed by atoms with Crippen molar-refractivity contribution < 1.29 is 59.8 Å². The van der Waals surface area contributed by atoms with Gasteiger partial charge in [0.25, 0.3) is 5.92 Å². The van der Waals surface area contributed by atoms with Crippen molar-refractivity contribution in [2.75, 3.05) is 174 Å². The smallest absolute Gasteiger partial charge is 0.261 e. The molecule has 2 aliphatic rings. The largest absolute Gasteiger partial charge is 0.497 e. The number of benzene rings is 8. The monoisotopic (exact) mass is 1930 g/mol. The summed E-state index contributed by atoms with van der Waals surface area (Å²) in [5.41, 5.74) is 20.3. The zero-order chi connectivity index (χ0) is 97.5. The van der Waals surface area contributed by atoms with E-state index >= 15 is 0 Å². The molecule has 0 saturated carbocycles. The number of nitrogens with one attached hydrogen (secondary N) is 3. The molecule has 1 unspecified atom stereocenters. The van der Waals surface area contributed by atoms with Crippen molar-refractivity contribution in [1.29, 1.82) is 0 Å². The summed E-state index contributed by atoms with van der Waals surface area (Å²) in [5, 5.41) is 26.3. The lowest BCUT2D eigenvalue weighted by molar-refractivity contribution is -0.0394. The number of hydrogen-bond acceptors (Lipinski definition) is 30. The number of aromatic nitrogens is 16. The minimum Gasteiger partial charge on any atom is -0.497 e. The Morgan fingerprint density at radius 2 is 0.842 bits per heavy atom. The quantitative estimate of drug-likeness (QED) is 0.0304. The van der Waals surface area contributed by atoms with Crippen LogP contribution in [0.3, 0.4) is 0 Å². The number of fused-ring (bicyclic) bond motifs is 4. The van der Waals surface area contributed by atoms with E-state index in [9.17, 15) is 17.2 Å². The molecule has 8 aromatic carbocycles. The first kappa shape index (κ1) is 99.0. The lowest BCUT2D eigenvalue weighted by atomic mass is 10.1. The fourth-order valence-electron chi connectivity index (χ4n) is 16.1. The van der Waals surface area contributed by atoms with E-state index in [4.69, 9.17) is 74.2 Å². The molecule has 34 nitrogen and oxygen atoms in total. The van der Waals surface area contributed by atoms with Crippen LogP contribution >= 0.6 is 11.6 Å². The molecule has 3 N–H and O–H groups in total. The molecular weight excluding hydrogens is 1820 g/mol. The van der Waals surface area contributed by atoms with Gasteiger partial charge in [-0.05, 0) is 119 Å². The Balaban J connectivity index is 0.000000141. The summed E-state index contributed by atoms with van der Waals surface area (Å²) in [7, 11) is 15.7. The van der Waals surface area contributed by atoms with Gasteiger partial charge in [-0.3, -0.25) is 39.3 Å². The highest BCUT2D eigenvalue weighted by Crippen LogP contribution is 2.41. The summed E-state index contributed by atoms with van der Waals surface area (Å²) in [6.07, 6.45) is 27.3. The summed E-state index contributed by atoms with van der Waals surface area (Å²) >= 11 is 6.06. The van der Waals surface area contributed by atoms with Crippen molar-refractivity contribution in [3.8, 4) is 91.0 Å². The van der Waals surface area contributed by atoms with Gasteiger partial charge in [-0.1, -0.05) is 0 Å². The van der Waals surface area contributed by atoms with E-state index in [0.717, 1.165) is 210 Å². The Morgan fingerprint density at radius 3 is 1.19 bits per heavy atom. The van der Waals surface area contributed by atoms with Crippen LogP contribution in [-0.4, -0.2) is 253 Å². The van der Waals surface area contributed by atoms with Gasteiger partial charge in [-0.25, -0.2) is 41.8 Å². The van der Waals surface area contributed by atoms with Gasteiger partial charge >= 0.3 is 0 Å². The number of likely N-dealkylation sites (tertiary alicyclic amines) is 1. The average molecular weight is 1930 g/mol. The summed E-state index contributed by atoms with van der Waals surface area (Å²) < 4.78 is 105. The molecule has 726 valence electrons. The molecule has 0 radical (unpaired) electrons. The van der Waals surface area contributed by atoms with Crippen molar-refractivity contribution in [3.63, 3.8) is 0 Å². The third kappa shape index (κ3) is 25.7. The van der Waals surface area contributed by atoms with Crippen molar-refractivity contribution in [1.82, 2.24) is 94.9 Å². The fraction of sp³-hybridized carbons (Fsp3) is 0.327. The molecule has 139 heavy (non-hydrogen) atoms. The number of likely N-dealkylation sites (N-methyl/N-ethyl adjacent to an activating group) is 2. The summed E-state index contributed by atoms with van der Waals surface area (Å²) in [5.74, 6) is 3.65. The zero-order valence-electron chi connectivity index (χ0n) is 79.8. The molecule has 1 atom stereocenters. The van der Waals surface area contributed by atoms with Crippen LogP contribution in [0.2, 0.25) is 0 Å². The van der Waals surface area contributed by atoms with Gasteiger partial charge < -0.3 is 72.9 Å². The highest BCUT2D eigenvalue weighted by Gasteiger charge is 2.38. The van der Waals surface area contributed by atoms with Gasteiger partial charge in [0.2, 0.25) is 0 Å². The van der Waals surface area contributed by atoms with Gasteiger partial charge in [0.1, 0.15) is 62.1 Å². The number of H-pyrrole nitrogens is 1. The Hall–Kier alpha value is -14.5. The van der Waals surface area contributed by atoms with Gasteiger partial charge in [0.15, 0.2) is 0 Å². The number of sulfone groups is 1. The van der Waals surface area contributed by atoms with Crippen LogP contribution in [0.25, 0.3) is 89.2 Å². The molecule has 2 aliphatic heterocycles. The van der Waals surface area contributed by atoms with Crippen LogP contribution in [0.5, 0.6) is 46.0 Å². The first-order chi connectivity index (χ1) is 67.5. The predicted molar refractivity (Wildman–Crippen MR) is 539 cm³/mol. The molecule has 38 heteroatoms. The second kappa shape index (κ2) is 46.6. The highest BCUT2D eigenvalue weighted by atomic mass is 35.5. The van der Waals surface area contributed by atoms with Crippen LogP contribution < -0.4 is 68.1 Å². The standard InChI is InChI=1S/C27H30ClN5O3.C27H30F2N6O2.C25H30N6O4S.C22H24N6O2/c1-34-22-12-21(13-23(15-22)35-2)32(10-5-9-28)20-7-8-24-25(14-20)31-26(17-29-24)19-16-30-33(18-19)27-6-3-4-11-36-27;1-33-17-19(15-31-33)26-16-30-24-6-5-20(13-25(24)32-26)35(9-4-8-34-10-7-27(28,29)18-34)21-11-22(36-2)14-23(12-21)37-3;1-26-7-8-31(20-11-21(34-2)14-22(12-20)35-3)19-5-6-23-24(13-19)29-25(16-27-23)18-15-28-30(17-18)9-10-36(4,32)33;1-23-6-7-28(17-8-18(29-2)11-19(9-17)30-3)16-4-5-20-21(10-16)27-22(14-24-20)15-12-25-26-13-15/h7-8,12-18,27H,3-6,9-11H2,1-2H3;5-6,11-17H,4,7-10,18H2,1-3H3;5-6,11-17,26H,7-10H2,1-4H3;4-5,8-14,23H,6-7H2,1-3H3,(H,25,26). The number of aromatic amines is 1. The molecule has 0 bridgehead atoms. The fourth-order valence-corrected chi connectivity index (χ4v) is 16.8. The predicted octanol–water partition coefficient (Wildman–Crippen LogP) is 17.2. The first-order valence-electron chi connectivity index (χ1n) is 45.4. The SMILES string of the molecule is CNCCN(c1cc(OC)cc(OC)c1)c1ccc2ncc(-c3cn[nH]c3)nc2c1.CNCCN(c1cc(OC)cc(OC)c1)c1ccc2ncc(-c3cnn(CCS(C)(=O)=O)c3)nc2c1.COc1cc(OC)cc(N(CCCCl)c2ccc3ncc(-c4cnn(C5CCCCO5)c4)nc3c2)c1.COc1cc(OC)cc(N(CCCN2CCC(F)(F)C2)c2ccc3ncc(-c4cnn(C)c4)nc3c2)c1. The molecule has 10 heterocycles. The Bertz CT molecular complexity index is 6850.